The molecular formula is C21H23F2N3O4S. The average molecular weight is 451 g/mol. The minimum absolute atomic E-state index is 0.0957. The quantitative estimate of drug-likeness (QED) is 0.522. The highest BCUT2D eigenvalue weighted by Crippen LogP contribution is 2.41. The summed E-state index contributed by atoms with van der Waals surface area (Å²) in [4.78, 5) is 40.4. The summed E-state index contributed by atoms with van der Waals surface area (Å²) >= 11 is -0.986. The van der Waals surface area contributed by atoms with E-state index in [2.05, 4.69) is 10.6 Å². The molecule has 1 aromatic rings. The van der Waals surface area contributed by atoms with Gasteiger partial charge in [-0.15, -0.1) is 0 Å². The van der Waals surface area contributed by atoms with E-state index in [0.29, 0.717) is 30.0 Å². The van der Waals surface area contributed by atoms with Gasteiger partial charge in [0.2, 0.25) is 5.78 Å². The van der Waals surface area contributed by atoms with E-state index in [-0.39, 0.29) is 17.4 Å². The number of amides is 2. The van der Waals surface area contributed by atoms with Gasteiger partial charge >= 0.3 is 0 Å². The van der Waals surface area contributed by atoms with Crippen LogP contribution < -0.4 is 10.6 Å². The zero-order chi connectivity index (χ0) is 22.5. The summed E-state index contributed by atoms with van der Waals surface area (Å²) in [6.07, 6.45) is 1.42. The van der Waals surface area contributed by atoms with Crippen molar-refractivity contribution in [3.8, 4) is 0 Å². The van der Waals surface area contributed by atoms with Crippen LogP contribution in [0, 0.1) is 17.6 Å². The van der Waals surface area contributed by atoms with E-state index in [0.717, 1.165) is 18.6 Å². The Bertz CT molecular complexity index is 993. The van der Waals surface area contributed by atoms with Crippen molar-refractivity contribution in [2.75, 3.05) is 23.4 Å². The van der Waals surface area contributed by atoms with Gasteiger partial charge in [-0.1, -0.05) is 0 Å². The first-order valence-corrected chi connectivity index (χ1v) is 11.5. The van der Waals surface area contributed by atoms with Gasteiger partial charge in [-0.05, 0) is 55.6 Å². The summed E-state index contributed by atoms with van der Waals surface area (Å²) in [6, 6.07) is 2.76. The number of hydrogen-bond acceptors (Lipinski definition) is 5. The number of anilines is 1. The van der Waals surface area contributed by atoms with E-state index in [4.69, 9.17) is 0 Å². The van der Waals surface area contributed by atoms with Gasteiger partial charge in [-0.25, -0.2) is 8.78 Å². The Hall–Kier alpha value is -2.46. The Kier molecular flexibility index (Phi) is 5.55. The molecule has 2 unspecified atom stereocenters. The van der Waals surface area contributed by atoms with Crippen LogP contribution >= 0.6 is 0 Å². The normalized spacial score (nSPS) is 29.5. The largest absolute Gasteiger partial charge is 0.616 e. The van der Waals surface area contributed by atoms with Crippen molar-refractivity contribution in [2.24, 2.45) is 5.92 Å². The minimum atomic E-state index is -1.08. The van der Waals surface area contributed by atoms with Crippen molar-refractivity contribution in [1.82, 2.24) is 10.2 Å². The molecule has 4 rings (SSSR count). The van der Waals surface area contributed by atoms with Crippen molar-refractivity contribution >= 4 is 34.5 Å². The molecule has 3 aliphatic heterocycles. The highest BCUT2D eigenvalue weighted by molar-refractivity contribution is 7.93. The molecule has 7 nitrogen and oxygen atoms in total. The fourth-order valence-corrected chi connectivity index (χ4v) is 6.22. The minimum Gasteiger partial charge on any atom is -0.616 e. The smallest absolute Gasteiger partial charge is 0.288 e. The maximum Gasteiger partial charge on any atom is 0.288 e. The van der Waals surface area contributed by atoms with E-state index in [1.54, 1.807) is 13.8 Å². The number of nitrogens with one attached hydrogen (secondary N) is 2. The van der Waals surface area contributed by atoms with Gasteiger partial charge in [0.25, 0.3) is 11.8 Å². The number of Topliss-reactive ketones (excluding diaryl/α,β-unsaturated/α-hetero) is 1. The summed E-state index contributed by atoms with van der Waals surface area (Å²) < 4.78 is 38.1. The molecule has 0 aliphatic carbocycles. The van der Waals surface area contributed by atoms with Crippen LogP contribution in [-0.4, -0.2) is 56.7 Å². The second-order valence-electron chi connectivity index (χ2n) is 8.60. The van der Waals surface area contributed by atoms with Crippen LogP contribution in [-0.2, 0) is 25.6 Å². The van der Waals surface area contributed by atoms with Crippen molar-refractivity contribution in [1.29, 1.82) is 0 Å². The lowest BCUT2D eigenvalue weighted by Crippen LogP contribution is -2.64. The molecule has 0 bridgehead atoms. The molecule has 166 valence electrons. The molecule has 2 N–H and O–H groups in total. The lowest BCUT2D eigenvalue weighted by molar-refractivity contribution is -0.141. The molecule has 1 aromatic carbocycles. The molecule has 3 aliphatic rings. The second-order valence-corrected chi connectivity index (χ2v) is 10.1. The third-order valence-corrected chi connectivity index (χ3v) is 8.00. The summed E-state index contributed by atoms with van der Waals surface area (Å²) in [7, 11) is 0. The fourth-order valence-electron chi connectivity index (χ4n) is 4.74. The highest BCUT2D eigenvalue weighted by atomic mass is 32.2. The molecule has 3 heterocycles. The molecule has 2 atom stereocenters. The Morgan fingerprint density at radius 1 is 1.23 bits per heavy atom. The molecule has 31 heavy (non-hydrogen) atoms. The molecule has 0 aromatic heterocycles. The number of halogens is 2. The van der Waals surface area contributed by atoms with Crippen molar-refractivity contribution in [2.45, 2.75) is 38.3 Å². The Balaban J connectivity index is 1.54. The predicted molar refractivity (Wildman–Crippen MR) is 110 cm³/mol. The monoisotopic (exact) mass is 451 g/mol. The van der Waals surface area contributed by atoms with Gasteiger partial charge in [0.05, 0.1) is 5.92 Å². The molecule has 2 fully saturated rings. The standard InChI is InChI=1S/C21H23F2N3O4S/c1-11-16(18(27)20(29)25-21(2)9-31(30)10-21)15-4-3-7-26(15)17(11)19(28)24-12-5-6-13(22)14(23)8-12/h5-6,8,15-16H,3-4,7,9-10H2,1-2H3,(H,24,28)(H,25,29)/t15?,16?,21-,31+. The van der Waals surface area contributed by atoms with Crippen molar-refractivity contribution in [3.05, 3.63) is 41.1 Å². The van der Waals surface area contributed by atoms with Crippen LogP contribution in [0.25, 0.3) is 0 Å². The zero-order valence-electron chi connectivity index (χ0n) is 17.2. The zero-order valence-corrected chi connectivity index (χ0v) is 18.0. The van der Waals surface area contributed by atoms with Crippen LogP contribution in [0.15, 0.2) is 29.5 Å². The molecule has 0 saturated carbocycles. The predicted octanol–water partition coefficient (Wildman–Crippen LogP) is 1.48. The number of ketones is 1. The first-order chi connectivity index (χ1) is 14.6. The molecular weight excluding hydrogens is 428 g/mol. The van der Waals surface area contributed by atoms with Gasteiger partial charge < -0.3 is 20.1 Å². The van der Waals surface area contributed by atoms with E-state index >= 15 is 0 Å². The van der Waals surface area contributed by atoms with E-state index in [1.807, 2.05) is 4.90 Å². The van der Waals surface area contributed by atoms with Crippen LogP contribution in [0.3, 0.4) is 0 Å². The maximum atomic E-state index is 13.5. The molecule has 10 heteroatoms. The molecule has 2 amide bonds. The average Bonchev–Trinajstić information content (AvgIpc) is 3.22. The van der Waals surface area contributed by atoms with E-state index in [9.17, 15) is 27.7 Å². The molecule has 0 radical (unpaired) electrons. The third-order valence-electron chi connectivity index (χ3n) is 6.08. The topological polar surface area (TPSA) is 102 Å². The first-order valence-electron chi connectivity index (χ1n) is 10.0. The van der Waals surface area contributed by atoms with Crippen LogP contribution in [0.1, 0.15) is 26.7 Å². The fraction of sp³-hybridized carbons (Fsp3) is 0.476. The van der Waals surface area contributed by atoms with E-state index < -0.39 is 51.9 Å². The second kappa shape index (κ2) is 7.90. The number of fused-ring (bicyclic) bond motifs is 1. The maximum absolute atomic E-state index is 13.5. The van der Waals surface area contributed by atoms with Gasteiger partial charge in [-0.3, -0.25) is 14.4 Å². The number of benzene rings is 1. The first kappa shape index (κ1) is 21.8. The number of carbonyl (C=O) groups is 3. The SMILES string of the molecule is CC1=C(C(=O)Nc2ccc(F)c(F)c2)N2CCCC2C1C(=O)C(=O)N[C@]1(C)C[S@+]([O-])C1. The van der Waals surface area contributed by atoms with Gasteiger partial charge in [-0.2, -0.15) is 0 Å². The Morgan fingerprint density at radius 2 is 1.94 bits per heavy atom. The van der Waals surface area contributed by atoms with Gasteiger partial charge in [0.15, 0.2) is 11.6 Å². The number of hydrogen-bond donors (Lipinski definition) is 2. The van der Waals surface area contributed by atoms with Crippen molar-refractivity contribution < 1.29 is 27.7 Å². The van der Waals surface area contributed by atoms with Gasteiger partial charge in [0, 0.05) is 24.3 Å². The summed E-state index contributed by atoms with van der Waals surface area (Å²) in [5.74, 6) is -4.14. The Labute approximate surface area is 181 Å². The summed E-state index contributed by atoms with van der Waals surface area (Å²) in [5, 5.41) is 5.25. The third kappa shape index (κ3) is 3.94. The van der Waals surface area contributed by atoms with Gasteiger partial charge in [0.1, 0.15) is 22.7 Å². The lowest BCUT2D eigenvalue weighted by Gasteiger charge is -2.39. The molecule has 0 spiro atoms. The number of rotatable bonds is 5. The van der Waals surface area contributed by atoms with E-state index in [1.165, 1.54) is 6.07 Å². The number of carbonyl (C=O) groups excluding carboxylic acids is 3. The summed E-state index contributed by atoms with van der Waals surface area (Å²) in [6.45, 7) is 3.96. The lowest BCUT2D eigenvalue weighted by atomic mass is 9.88. The van der Waals surface area contributed by atoms with Crippen LogP contribution in [0.5, 0.6) is 0 Å². The number of nitrogens with zero attached hydrogens (tertiary/aromatic N) is 1. The van der Waals surface area contributed by atoms with Crippen molar-refractivity contribution in [3.63, 3.8) is 0 Å². The van der Waals surface area contributed by atoms with Crippen LogP contribution in [0.4, 0.5) is 14.5 Å². The van der Waals surface area contributed by atoms with Crippen LogP contribution in [0.2, 0.25) is 0 Å². The Morgan fingerprint density at radius 3 is 2.58 bits per heavy atom. The molecule has 2 saturated heterocycles. The summed E-state index contributed by atoms with van der Waals surface area (Å²) in [5.41, 5.74) is 0.204. The highest BCUT2D eigenvalue weighted by Gasteiger charge is 2.51.